The second-order valence-corrected chi connectivity index (χ2v) is 10.3. The smallest absolute Gasteiger partial charge is 0.289 e. The number of sulfone groups is 1. The fourth-order valence-electron chi connectivity index (χ4n) is 3.88. The summed E-state index contributed by atoms with van der Waals surface area (Å²) in [5.74, 6) is -0.428. The van der Waals surface area contributed by atoms with Gasteiger partial charge >= 0.3 is 0 Å². The minimum atomic E-state index is -3.57. The third-order valence-electron chi connectivity index (χ3n) is 5.58. The Morgan fingerprint density at radius 1 is 0.938 bits per heavy atom. The number of amides is 1. The Hall–Kier alpha value is -2.61. The van der Waals surface area contributed by atoms with Crippen LogP contribution in [0.3, 0.4) is 0 Å². The standard InChI is InChI=1S/C24H25ClN2O4S/c25-21-9-7-19(8-10-21)17-26-12-4-13-27(15-14-26)24(28)23-20(11-16-31-23)18-32(29,30)22-5-2-1-3-6-22/h1-3,5-11,16H,4,12-15,17-18H2. The van der Waals surface area contributed by atoms with Gasteiger partial charge in [-0.05, 0) is 42.3 Å². The van der Waals surface area contributed by atoms with Gasteiger partial charge in [0.1, 0.15) is 0 Å². The van der Waals surface area contributed by atoms with Gasteiger partial charge < -0.3 is 9.32 Å². The van der Waals surface area contributed by atoms with E-state index in [-0.39, 0.29) is 22.3 Å². The molecule has 1 amide bonds. The summed E-state index contributed by atoms with van der Waals surface area (Å²) in [5, 5.41) is 0.713. The SMILES string of the molecule is O=C(c1occc1CS(=O)(=O)c1ccccc1)N1CCCN(Cc2ccc(Cl)cc2)CC1. The van der Waals surface area contributed by atoms with Crippen molar-refractivity contribution >= 4 is 27.3 Å². The molecule has 0 aliphatic carbocycles. The molecule has 4 rings (SSSR count). The van der Waals surface area contributed by atoms with Gasteiger partial charge in [-0.25, -0.2) is 8.42 Å². The zero-order valence-electron chi connectivity index (χ0n) is 17.6. The highest BCUT2D eigenvalue weighted by Gasteiger charge is 2.27. The van der Waals surface area contributed by atoms with Crippen molar-refractivity contribution in [2.75, 3.05) is 26.2 Å². The number of rotatable bonds is 6. The van der Waals surface area contributed by atoms with Crippen LogP contribution in [0.5, 0.6) is 0 Å². The van der Waals surface area contributed by atoms with Crippen molar-refractivity contribution in [2.45, 2.75) is 23.6 Å². The van der Waals surface area contributed by atoms with Gasteiger partial charge in [-0.1, -0.05) is 41.9 Å². The number of carbonyl (C=O) groups is 1. The zero-order valence-corrected chi connectivity index (χ0v) is 19.2. The number of halogens is 1. The summed E-state index contributed by atoms with van der Waals surface area (Å²) in [6, 6.07) is 17.6. The fraction of sp³-hybridized carbons (Fsp3) is 0.292. The van der Waals surface area contributed by atoms with E-state index >= 15 is 0 Å². The van der Waals surface area contributed by atoms with Crippen molar-refractivity contribution < 1.29 is 17.6 Å². The highest BCUT2D eigenvalue weighted by atomic mass is 35.5. The molecule has 0 unspecified atom stereocenters. The minimum absolute atomic E-state index is 0.107. The number of nitrogens with zero attached hydrogens (tertiary/aromatic N) is 2. The summed E-state index contributed by atoms with van der Waals surface area (Å²) < 4.78 is 31.0. The summed E-state index contributed by atoms with van der Waals surface area (Å²) >= 11 is 5.97. The molecule has 2 aromatic carbocycles. The second-order valence-electron chi connectivity index (χ2n) is 7.90. The molecule has 0 saturated carbocycles. The molecular formula is C24H25ClN2O4S. The van der Waals surface area contributed by atoms with Gasteiger partial charge in [-0.2, -0.15) is 0 Å². The average Bonchev–Trinajstić information content (AvgIpc) is 3.11. The summed E-state index contributed by atoms with van der Waals surface area (Å²) in [6.07, 6.45) is 2.21. The van der Waals surface area contributed by atoms with E-state index in [4.69, 9.17) is 16.0 Å². The maximum Gasteiger partial charge on any atom is 0.289 e. The van der Waals surface area contributed by atoms with Crippen molar-refractivity contribution in [1.29, 1.82) is 0 Å². The normalized spacial score (nSPS) is 15.5. The van der Waals surface area contributed by atoms with E-state index < -0.39 is 9.84 Å². The Morgan fingerprint density at radius 3 is 2.44 bits per heavy atom. The number of carbonyl (C=O) groups excluding carboxylic acids is 1. The lowest BCUT2D eigenvalue weighted by atomic mass is 10.2. The van der Waals surface area contributed by atoms with Crippen LogP contribution < -0.4 is 0 Å². The fourth-order valence-corrected chi connectivity index (χ4v) is 5.38. The first-order valence-electron chi connectivity index (χ1n) is 10.5. The van der Waals surface area contributed by atoms with E-state index in [1.165, 1.54) is 11.8 Å². The van der Waals surface area contributed by atoms with Gasteiger partial charge in [0.15, 0.2) is 15.6 Å². The van der Waals surface area contributed by atoms with E-state index in [1.54, 1.807) is 41.3 Å². The van der Waals surface area contributed by atoms with Crippen LogP contribution in [0, 0.1) is 0 Å². The molecule has 1 aromatic heterocycles. The molecule has 0 bridgehead atoms. The van der Waals surface area contributed by atoms with Crippen LogP contribution in [0.1, 0.15) is 28.1 Å². The van der Waals surface area contributed by atoms with Crippen molar-refractivity contribution in [2.24, 2.45) is 0 Å². The van der Waals surface area contributed by atoms with Crippen LogP contribution in [0.2, 0.25) is 5.02 Å². The molecule has 6 nitrogen and oxygen atoms in total. The van der Waals surface area contributed by atoms with Crippen LogP contribution >= 0.6 is 11.6 Å². The molecule has 168 valence electrons. The lowest BCUT2D eigenvalue weighted by molar-refractivity contribution is 0.0728. The molecule has 3 aromatic rings. The molecule has 1 aliphatic rings. The van der Waals surface area contributed by atoms with Crippen LogP contribution in [0.4, 0.5) is 0 Å². The first-order valence-corrected chi connectivity index (χ1v) is 12.6. The topological polar surface area (TPSA) is 70.8 Å². The minimum Gasteiger partial charge on any atom is -0.459 e. The lowest BCUT2D eigenvalue weighted by Crippen LogP contribution is -2.35. The maximum absolute atomic E-state index is 13.2. The largest absolute Gasteiger partial charge is 0.459 e. The predicted molar refractivity (Wildman–Crippen MR) is 123 cm³/mol. The van der Waals surface area contributed by atoms with Gasteiger partial charge in [0.25, 0.3) is 5.91 Å². The van der Waals surface area contributed by atoms with Crippen LogP contribution in [-0.4, -0.2) is 50.3 Å². The van der Waals surface area contributed by atoms with E-state index in [1.807, 2.05) is 24.3 Å². The van der Waals surface area contributed by atoms with Crippen molar-refractivity contribution in [1.82, 2.24) is 9.80 Å². The molecule has 0 spiro atoms. The third-order valence-corrected chi connectivity index (χ3v) is 7.52. The average molecular weight is 473 g/mol. The van der Waals surface area contributed by atoms with Gasteiger partial charge in [-0.15, -0.1) is 0 Å². The van der Waals surface area contributed by atoms with Crippen molar-refractivity contribution in [3.63, 3.8) is 0 Å². The van der Waals surface area contributed by atoms with E-state index in [9.17, 15) is 13.2 Å². The Labute approximate surface area is 193 Å². The summed E-state index contributed by atoms with van der Waals surface area (Å²) in [4.78, 5) is 17.4. The molecular weight excluding hydrogens is 448 g/mol. The van der Waals surface area contributed by atoms with E-state index in [0.29, 0.717) is 23.7 Å². The first-order chi connectivity index (χ1) is 15.4. The van der Waals surface area contributed by atoms with Gasteiger partial charge in [0.05, 0.1) is 16.9 Å². The number of benzene rings is 2. The first kappa shape index (κ1) is 22.6. The molecule has 1 fully saturated rings. The van der Waals surface area contributed by atoms with Gasteiger partial charge in [-0.3, -0.25) is 9.69 Å². The number of hydrogen-bond acceptors (Lipinski definition) is 5. The molecule has 1 aliphatic heterocycles. The van der Waals surface area contributed by atoms with Crippen LogP contribution in [-0.2, 0) is 22.1 Å². The zero-order chi connectivity index (χ0) is 22.6. The van der Waals surface area contributed by atoms with E-state index in [2.05, 4.69) is 4.90 Å². The predicted octanol–water partition coefficient (Wildman–Crippen LogP) is 4.26. The Balaban J connectivity index is 1.42. The Bertz CT molecular complexity index is 1160. The van der Waals surface area contributed by atoms with Crippen LogP contribution in [0.15, 0.2) is 76.2 Å². The van der Waals surface area contributed by atoms with E-state index in [0.717, 1.165) is 26.1 Å². The molecule has 32 heavy (non-hydrogen) atoms. The van der Waals surface area contributed by atoms with Gasteiger partial charge in [0, 0.05) is 43.3 Å². The second kappa shape index (κ2) is 9.90. The Morgan fingerprint density at radius 2 is 1.69 bits per heavy atom. The molecule has 0 atom stereocenters. The Kier molecular flexibility index (Phi) is 6.98. The highest BCUT2D eigenvalue weighted by Crippen LogP contribution is 2.22. The van der Waals surface area contributed by atoms with Gasteiger partial charge in [0.2, 0.25) is 0 Å². The summed E-state index contributed by atoms with van der Waals surface area (Å²) in [6.45, 7) is 3.55. The molecule has 0 radical (unpaired) electrons. The third kappa shape index (κ3) is 5.41. The summed E-state index contributed by atoms with van der Waals surface area (Å²) in [7, 11) is -3.57. The molecule has 0 N–H and O–H groups in total. The number of furan rings is 1. The quantitative estimate of drug-likeness (QED) is 0.536. The molecule has 8 heteroatoms. The monoisotopic (exact) mass is 472 g/mol. The lowest BCUT2D eigenvalue weighted by Gasteiger charge is -2.22. The molecule has 2 heterocycles. The van der Waals surface area contributed by atoms with Crippen LogP contribution in [0.25, 0.3) is 0 Å². The summed E-state index contributed by atoms with van der Waals surface area (Å²) in [5.41, 5.74) is 1.56. The molecule has 1 saturated heterocycles. The number of hydrogen-bond donors (Lipinski definition) is 0. The van der Waals surface area contributed by atoms with Crippen molar-refractivity contribution in [3.05, 3.63) is 88.8 Å². The van der Waals surface area contributed by atoms with Crippen molar-refractivity contribution in [3.8, 4) is 0 Å². The maximum atomic E-state index is 13.2. The highest BCUT2D eigenvalue weighted by molar-refractivity contribution is 7.90.